The molecule has 0 aromatic heterocycles. The van der Waals surface area contributed by atoms with Crippen molar-refractivity contribution < 1.29 is 5.21 Å². The predicted molar refractivity (Wildman–Crippen MR) is 46.6 cm³/mol. The lowest BCUT2D eigenvalue weighted by Crippen LogP contribution is -2.37. The van der Waals surface area contributed by atoms with Gasteiger partial charge in [-0.3, -0.25) is 0 Å². The summed E-state index contributed by atoms with van der Waals surface area (Å²) in [6.45, 7) is 8.43. The summed E-state index contributed by atoms with van der Waals surface area (Å²) in [6.07, 6.45) is 3.29. The van der Waals surface area contributed by atoms with E-state index in [4.69, 9.17) is 0 Å². The largest absolute Gasteiger partial charge is 0.164 e. The first-order valence-corrected chi connectivity index (χ1v) is 4.40. The van der Waals surface area contributed by atoms with Crippen molar-refractivity contribution in [3.05, 3.63) is 0 Å². The average Bonchev–Trinajstić information content (AvgIpc) is 1.87. The van der Waals surface area contributed by atoms with Crippen molar-refractivity contribution in [1.82, 2.24) is 5.48 Å². The number of rotatable bonds is 4. The molecule has 0 fully saturated rings. The minimum absolute atomic E-state index is 0.0942. The molecule has 0 aliphatic heterocycles. The smallest absolute Gasteiger partial charge is 0.0401 e. The van der Waals surface area contributed by atoms with Gasteiger partial charge in [-0.2, -0.15) is 5.48 Å². The van der Waals surface area contributed by atoms with Gasteiger partial charge in [-0.15, -0.1) is 5.21 Å². The van der Waals surface area contributed by atoms with E-state index in [2.05, 4.69) is 33.2 Å². The van der Waals surface area contributed by atoms with Gasteiger partial charge in [-0.1, -0.05) is 40.5 Å². The SMILES string of the molecule is CCCCC(N[O])C(C)(C)C. The lowest BCUT2D eigenvalue weighted by Gasteiger charge is -2.28. The second kappa shape index (κ2) is 4.73. The van der Waals surface area contributed by atoms with Gasteiger partial charge in [0, 0.05) is 6.04 Å². The number of hydrogen-bond acceptors (Lipinski definition) is 1. The second-order valence-electron chi connectivity index (χ2n) is 4.18. The quantitative estimate of drug-likeness (QED) is 0.626. The highest BCUT2D eigenvalue weighted by Crippen LogP contribution is 2.22. The number of hydroxylamine groups is 1. The molecule has 0 saturated heterocycles. The molecule has 0 amide bonds. The summed E-state index contributed by atoms with van der Waals surface area (Å²) in [7, 11) is 0. The van der Waals surface area contributed by atoms with Gasteiger partial charge in [0.15, 0.2) is 0 Å². The second-order valence-corrected chi connectivity index (χ2v) is 4.18. The zero-order valence-corrected chi connectivity index (χ0v) is 8.11. The minimum Gasteiger partial charge on any atom is -0.164 e. The van der Waals surface area contributed by atoms with Crippen LogP contribution in [0.2, 0.25) is 0 Å². The maximum atomic E-state index is 10.5. The van der Waals surface area contributed by atoms with Crippen LogP contribution >= 0.6 is 0 Å². The Labute approximate surface area is 70.0 Å². The summed E-state index contributed by atoms with van der Waals surface area (Å²) < 4.78 is 0. The molecule has 67 valence electrons. The molecule has 0 aliphatic rings. The van der Waals surface area contributed by atoms with Gasteiger partial charge in [0.2, 0.25) is 0 Å². The molecule has 1 atom stereocenters. The van der Waals surface area contributed by atoms with Crippen LogP contribution in [-0.2, 0) is 5.21 Å². The van der Waals surface area contributed by atoms with Crippen LogP contribution in [0.25, 0.3) is 0 Å². The fraction of sp³-hybridized carbons (Fsp3) is 1.00. The van der Waals surface area contributed by atoms with Crippen LogP contribution in [-0.4, -0.2) is 6.04 Å². The van der Waals surface area contributed by atoms with Crippen LogP contribution in [0.4, 0.5) is 0 Å². The van der Waals surface area contributed by atoms with Crippen molar-refractivity contribution in [2.75, 3.05) is 0 Å². The molecule has 2 heteroatoms. The average molecular weight is 158 g/mol. The summed E-state index contributed by atoms with van der Waals surface area (Å²) >= 11 is 0. The highest BCUT2D eigenvalue weighted by Gasteiger charge is 2.23. The van der Waals surface area contributed by atoms with E-state index >= 15 is 0 Å². The third kappa shape index (κ3) is 4.38. The van der Waals surface area contributed by atoms with E-state index in [1.807, 2.05) is 0 Å². The first kappa shape index (κ1) is 10.9. The Bertz CT molecular complexity index is 96.2. The first-order chi connectivity index (χ1) is 5.02. The Balaban J connectivity index is 3.76. The fourth-order valence-electron chi connectivity index (χ4n) is 1.08. The Hall–Kier alpha value is -0.0800. The number of unbranched alkanes of at least 4 members (excludes halogenated alkanes) is 1. The molecule has 1 radical (unpaired) electrons. The first-order valence-electron chi connectivity index (χ1n) is 4.40. The summed E-state index contributed by atoms with van der Waals surface area (Å²) in [5.41, 5.74) is 2.22. The van der Waals surface area contributed by atoms with Crippen LogP contribution in [0.5, 0.6) is 0 Å². The molecule has 0 rings (SSSR count). The van der Waals surface area contributed by atoms with Crippen molar-refractivity contribution in [2.24, 2.45) is 5.41 Å². The van der Waals surface area contributed by atoms with Crippen LogP contribution < -0.4 is 5.48 Å². The zero-order valence-electron chi connectivity index (χ0n) is 8.11. The minimum atomic E-state index is 0.0942. The van der Waals surface area contributed by atoms with Crippen LogP contribution in [0, 0.1) is 5.41 Å². The third-order valence-corrected chi connectivity index (χ3v) is 2.03. The molecular weight excluding hydrogens is 138 g/mol. The van der Waals surface area contributed by atoms with E-state index in [0.29, 0.717) is 0 Å². The molecule has 11 heavy (non-hydrogen) atoms. The van der Waals surface area contributed by atoms with Gasteiger partial charge in [0.05, 0.1) is 0 Å². The van der Waals surface area contributed by atoms with E-state index in [1.54, 1.807) is 0 Å². The lowest BCUT2D eigenvalue weighted by atomic mass is 9.84. The third-order valence-electron chi connectivity index (χ3n) is 2.03. The molecule has 0 aromatic rings. The van der Waals surface area contributed by atoms with Crippen molar-refractivity contribution in [3.8, 4) is 0 Å². The van der Waals surface area contributed by atoms with Gasteiger partial charge in [0.1, 0.15) is 0 Å². The highest BCUT2D eigenvalue weighted by atomic mass is 16.5. The van der Waals surface area contributed by atoms with Crippen molar-refractivity contribution in [1.29, 1.82) is 0 Å². The van der Waals surface area contributed by atoms with Crippen LogP contribution in [0.15, 0.2) is 0 Å². The summed E-state index contributed by atoms with van der Waals surface area (Å²) in [4.78, 5) is 0. The Morgan fingerprint density at radius 1 is 1.36 bits per heavy atom. The maximum Gasteiger partial charge on any atom is 0.0401 e. The summed E-state index contributed by atoms with van der Waals surface area (Å²) in [6, 6.07) is 0.113. The Kier molecular flexibility index (Phi) is 4.69. The molecular formula is C9H20NO. The van der Waals surface area contributed by atoms with E-state index in [-0.39, 0.29) is 11.5 Å². The molecule has 0 bridgehead atoms. The van der Waals surface area contributed by atoms with Gasteiger partial charge >= 0.3 is 0 Å². The Morgan fingerprint density at radius 2 is 1.91 bits per heavy atom. The van der Waals surface area contributed by atoms with Gasteiger partial charge < -0.3 is 0 Å². The molecule has 1 unspecified atom stereocenters. The normalized spacial score (nSPS) is 15.0. The van der Waals surface area contributed by atoms with Gasteiger partial charge in [-0.25, -0.2) is 0 Å². The van der Waals surface area contributed by atoms with E-state index < -0.39 is 0 Å². The molecule has 1 N–H and O–H groups in total. The molecule has 0 heterocycles. The van der Waals surface area contributed by atoms with Gasteiger partial charge in [0.25, 0.3) is 0 Å². The fourth-order valence-corrected chi connectivity index (χ4v) is 1.08. The molecule has 0 aromatic carbocycles. The zero-order chi connectivity index (χ0) is 8.91. The molecule has 0 saturated carbocycles. The van der Waals surface area contributed by atoms with E-state index in [9.17, 15) is 5.21 Å². The standard InChI is InChI=1S/C9H20NO/c1-5-6-7-8(10-11)9(2,3)4/h8,10H,5-7H2,1-4H3. The Morgan fingerprint density at radius 3 is 2.18 bits per heavy atom. The van der Waals surface area contributed by atoms with Gasteiger partial charge in [-0.05, 0) is 11.8 Å². The molecule has 0 aliphatic carbocycles. The maximum absolute atomic E-state index is 10.5. The van der Waals surface area contributed by atoms with Crippen LogP contribution in [0.1, 0.15) is 47.0 Å². The predicted octanol–water partition coefficient (Wildman–Crippen LogP) is 2.53. The summed E-state index contributed by atoms with van der Waals surface area (Å²) in [5, 5.41) is 10.5. The monoisotopic (exact) mass is 158 g/mol. The topological polar surface area (TPSA) is 31.9 Å². The highest BCUT2D eigenvalue weighted by molar-refractivity contribution is 4.76. The van der Waals surface area contributed by atoms with E-state index in [0.717, 1.165) is 19.3 Å². The number of hydrogen-bond donors (Lipinski definition) is 1. The summed E-state index contributed by atoms with van der Waals surface area (Å²) in [5.74, 6) is 0. The molecule has 0 spiro atoms. The molecule has 2 nitrogen and oxygen atoms in total. The van der Waals surface area contributed by atoms with Crippen molar-refractivity contribution in [2.45, 2.75) is 53.0 Å². The van der Waals surface area contributed by atoms with Crippen LogP contribution in [0.3, 0.4) is 0 Å². The van der Waals surface area contributed by atoms with Crippen molar-refractivity contribution >= 4 is 0 Å². The number of nitrogens with one attached hydrogen (secondary N) is 1. The van der Waals surface area contributed by atoms with E-state index in [1.165, 1.54) is 0 Å². The van der Waals surface area contributed by atoms with Crippen molar-refractivity contribution in [3.63, 3.8) is 0 Å². The lowest BCUT2D eigenvalue weighted by molar-refractivity contribution is 0.00402.